The number of nitrogens with zero attached hydrogens (tertiary/aromatic N) is 1. The molecule has 0 fully saturated rings. The van der Waals surface area contributed by atoms with Crippen LogP contribution in [0, 0.1) is 0 Å². The lowest BCUT2D eigenvalue weighted by molar-refractivity contribution is -0.121. The van der Waals surface area contributed by atoms with Crippen LogP contribution in [0.3, 0.4) is 0 Å². The van der Waals surface area contributed by atoms with Crippen LogP contribution in [-0.4, -0.2) is 16.9 Å². The molecule has 1 aromatic carbocycles. The molecule has 0 spiro atoms. The number of thiazole rings is 1. The Morgan fingerprint density at radius 3 is 2.87 bits per heavy atom. The van der Waals surface area contributed by atoms with Gasteiger partial charge >= 0.3 is 0 Å². The van der Waals surface area contributed by atoms with E-state index in [2.05, 4.69) is 24.1 Å². The zero-order valence-electron chi connectivity index (χ0n) is 13.6. The van der Waals surface area contributed by atoms with Crippen molar-refractivity contribution in [3.63, 3.8) is 0 Å². The van der Waals surface area contributed by atoms with Gasteiger partial charge in [0.2, 0.25) is 5.91 Å². The van der Waals surface area contributed by atoms with Crippen molar-refractivity contribution in [3.05, 3.63) is 40.4 Å². The summed E-state index contributed by atoms with van der Waals surface area (Å²) in [6, 6.07) is 7.85. The van der Waals surface area contributed by atoms with Crippen molar-refractivity contribution in [3.8, 4) is 10.6 Å². The number of amides is 1. The Morgan fingerprint density at radius 1 is 1.35 bits per heavy atom. The van der Waals surface area contributed by atoms with E-state index in [1.165, 1.54) is 24.2 Å². The van der Waals surface area contributed by atoms with Crippen molar-refractivity contribution in [2.45, 2.75) is 52.0 Å². The van der Waals surface area contributed by atoms with E-state index in [1.807, 2.05) is 29.6 Å². The molecule has 0 aliphatic carbocycles. The highest BCUT2D eigenvalue weighted by Crippen LogP contribution is 2.30. The smallest absolute Gasteiger partial charge is 0.226 e. The molecule has 1 N–H and O–H groups in total. The van der Waals surface area contributed by atoms with E-state index < -0.39 is 0 Å². The maximum absolute atomic E-state index is 12.1. The molecule has 0 saturated carbocycles. The molecule has 0 saturated heterocycles. The summed E-state index contributed by atoms with van der Waals surface area (Å²) in [6.07, 6.45) is 4.92. The number of unbranched alkanes of at least 4 members (excludes halogenated alkanes) is 2. The molecule has 1 atom stereocenters. The van der Waals surface area contributed by atoms with Crippen molar-refractivity contribution in [1.29, 1.82) is 0 Å². The van der Waals surface area contributed by atoms with Crippen LogP contribution in [-0.2, 0) is 11.2 Å². The second kappa shape index (κ2) is 9.04. The van der Waals surface area contributed by atoms with Gasteiger partial charge in [-0.25, -0.2) is 4.98 Å². The highest BCUT2D eigenvalue weighted by atomic mass is 35.5. The summed E-state index contributed by atoms with van der Waals surface area (Å²) in [5.41, 5.74) is 1.71. The Balaban J connectivity index is 1.89. The van der Waals surface area contributed by atoms with Crippen LogP contribution < -0.4 is 5.32 Å². The molecule has 1 unspecified atom stereocenters. The highest BCUT2D eigenvalue weighted by molar-refractivity contribution is 7.13. The predicted octanol–water partition coefficient (Wildman–Crippen LogP) is 5.09. The summed E-state index contributed by atoms with van der Waals surface area (Å²) in [5.74, 6) is 0.0324. The third-order valence-electron chi connectivity index (χ3n) is 3.65. The molecule has 124 valence electrons. The zero-order chi connectivity index (χ0) is 16.7. The van der Waals surface area contributed by atoms with Gasteiger partial charge in [-0.05, 0) is 19.4 Å². The lowest BCUT2D eigenvalue weighted by atomic mass is 10.1. The maximum atomic E-state index is 12.1. The summed E-state index contributed by atoms with van der Waals surface area (Å²) in [6.45, 7) is 4.24. The average Bonchev–Trinajstić information content (AvgIpc) is 2.96. The van der Waals surface area contributed by atoms with Gasteiger partial charge in [0.15, 0.2) is 0 Å². The Morgan fingerprint density at radius 2 is 2.13 bits per heavy atom. The summed E-state index contributed by atoms with van der Waals surface area (Å²) in [4.78, 5) is 16.6. The van der Waals surface area contributed by atoms with Gasteiger partial charge in [0.25, 0.3) is 0 Å². The summed E-state index contributed by atoms with van der Waals surface area (Å²) in [5, 5.41) is 6.52. The topological polar surface area (TPSA) is 42.0 Å². The number of aromatic nitrogens is 1. The molecule has 2 rings (SSSR count). The molecule has 2 aromatic rings. The minimum atomic E-state index is 0.0324. The number of hydrogen-bond acceptors (Lipinski definition) is 3. The first-order valence-corrected chi connectivity index (χ1v) is 9.34. The Hall–Kier alpha value is -1.39. The number of nitrogens with one attached hydrogen (secondary N) is 1. The molecule has 5 heteroatoms. The first kappa shape index (κ1) is 18.0. The van der Waals surface area contributed by atoms with Crippen LogP contribution in [0.4, 0.5) is 0 Å². The van der Waals surface area contributed by atoms with Gasteiger partial charge in [0.1, 0.15) is 5.01 Å². The van der Waals surface area contributed by atoms with Crippen LogP contribution in [0.15, 0.2) is 29.6 Å². The van der Waals surface area contributed by atoms with Crippen molar-refractivity contribution in [1.82, 2.24) is 10.3 Å². The first-order chi connectivity index (χ1) is 11.1. The minimum Gasteiger partial charge on any atom is -0.353 e. The van der Waals surface area contributed by atoms with Crippen molar-refractivity contribution < 1.29 is 4.79 Å². The number of rotatable bonds is 8. The minimum absolute atomic E-state index is 0.0324. The fourth-order valence-corrected chi connectivity index (χ4v) is 3.55. The highest BCUT2D eigenvalue weighted by Gasteiger charge is 2.12. The van der Waals surface area contributed by atoms with E-state index in [-0.39, 0.29) is 11.9 Å². The molecule has 1 aromatic heterocycles. The van der Waals surface area contributed by atoms with E-state index in [0.29, 0.717) is 11.4 Å². The van der Waals surface area contributed by atoms with Gasteiger partial charge in [-0.1, -0.05) is 56.0 Å². The number of carbonyl (C=O) groups is 1. The third-order valence-corrected chi connectivity index (χ3v) is 4.90. The Kier molecular flexibility index (Phi) is 7.06. The predicted molar refractivity (Wildman–Crippen MR) is 98.0 cm³/mol. The molecule has 0 aliphatic rings. The summed E-state index contributed by atoms with van der Waals surface area (Å²) in [7, 11) is 0. The van der Waals surface area contributed by atoms with Crippen LogP contribution in [0.1, 0.15) is 45.2 Å². The Labute approximate surface area is 147 Å². The number of benzene rings is 1. The van der Waals surface area contributed by atoms with Crippen LogP contribution in [0.2, 0.25) is 5.02 Å². The molecule has 1 heterocycles. The maximum Gasteiger partial charge on any atom is 0.226 e. The third kappa shape index (κ3) is 5.63. The van der Waals surface area contributed by atoms with Crippen molar-refractivity contribution in [2.75, 3.05) is 0 Å². The monoisotopic (exact) mass is 350 g/mol. The molecular formula is C18H23ClN2OS. The first-order valence-electron chi connectivity index (χ1n) is 8.08. The molecule has 0 radical (unpaired) electrons. The molecule has 0 bridgehead atoms. The zero-order valence-corrected chi connectivity index (χ0v) is 15.2. The lowest BCUT2D eigenvalue weighted by Gasteiger charge is -2.12. The number of hydrogen-bond donors (Lipinski definition) is 1. The molecule has 1 amide bonds. The second-order valence-electron chi connectivity index (χ2n) is 5.76. The molecular weight excluding hydrogens is 328 g/mol. The van der Waals surface area contributed by atoms with E-state index >= 15 is 0 Å². The van der Waals surface area contributed by atoms with Gasteiger partial charge < -0.3 is 5.32 Å². The quantitative estimate of drug-likeness (QED) is 0.673. The molecule has 23 heavy (non-hydrogen) atoms. The van der Waals surface area contributed by atoms with E-state index in [0.717, 1.165) is 29.1 Å². The van der Waals surface area contributed by atoms with Gasteiger partial charge in [-0.15, -0.1) is 11.3 Å². The SMILES string of the molecule is CCCCCC(C)NC(=O)Cc1csc(-c2ccccc2Cl)n1. The normalized spacial score (nSPS) is 12.1. The van der Waals surface area contributed by atoms with E-state index in [9.17, 15) is 4.79 Å². The van der Waals surface area contributed by atoms with Crippen molar-refractivity contribution in [2.24, 2.45) is 0 Å². The van der Waals surface area contributed by atoms with Crippen LogP contribution in [0.5, 0.6) is 0 Å². The summed E-state index contributed by atoms with van der Waals surface area (Å²) < 4.78 is 0. The number of carbonyl (C=O) groups excluding carboxylic acids is 1. The van der Waals surface area contributed by atoms with Gasteiger partial charge in [0, 0.05) is 17.0 Å². The van der Waals surface area contributed by atoms with Gasteiger partial charge in [-0.2, -0.15) is 0 Å². The molecule has 0 aliphatic heterocycles. The van der Waals surface area contributed by atoms with Gasteiger partial charge in [-0.3, -0.25) is 4.79 Å². The van der Waals surface area contributed by atoms with Gasteiger partial charge in [0.05, 0.1) is 17.1 Å². The standard InChI is InChI=1S/C18H23ClN2OS/c1-3-4-5-8-13(2)20-17(22)11-14-12-23-18(21-14)15-9-6-7-10-16(15)19/h6-7,9-10,12-13H,3-5,8,11H2,1-2H3,(H,20,22). The van der Waals surface area contributed by atoms with E-state index in [4.69, 9.17) is 11.6 Å². The van der Waals surface area contributed by atoms with Crippen molar-refractivity contribution >= 4 is 28.8 Å². The van der Waals surface area contributed by atoms with E-state index in [1.54, 1.807) is 0 Å². The fraction of sp³-hybridized carbons (Fsp3) is 0.444. The van der Waals surface area contributed by atoms with Crippen LogP contribution >= 0.6 is 22.9 Å². The van der Waals surface area contributed by atoms with Crippen LogP contribution in [0.25, 0.3) is 10.6 Å². The summed E-state index contributed by atoms with van der Waals surface area (Å²) >= 11 is 7.71. The Bertz CT molecular complexity index is 641. The molecule has 3 nitrogen and oxygen atoms in total. The largest absolute Gasteiger partial charge is 0.353 e. The lowest BCUT2D eigenvalue weighted by Crippen LogP contribution is -2.33. The fourth-order valence-electron chi connectivity index (χ4n) is 2.41. The number of halogens is 1. The average molecular weight is 351 g/mol. The second-order valence-corrected chi connectivity index (χ2v) is 7.03.